The van der Waals surface area contributed by atoms with Gasteiger partial charge >= 0.3 is 0 Å². The maximum absolute atomic E-state index is 12.3. The van der Waals surface area contributed by atoms with Crippen molar-refractivity contribution < 1.29 is 9.59 Å². The quantitative estimate of drug-likeness (QED) is 0.619. The molecular formula is C17H24N2O2S3. The number of nitrogens with one attached hydrogen (secondary N) is 1. The summed E-state index contributed by atoms with van der Waals surface area (Å²) >= 11 is 8.28. The molecule has 7 heteroatoms. The zero-order chi connectivity index (χ0) is 17.7. The summed E-state index contributed by atoms with van der Waals surface area (Å²) < 4.78 is 0.829. The molecule has 1 fully saturated rings. The Hall–Kier alpha value is -0.920. The van der Waals surface area contributed by atoms with Crippen molar-refractivity contribution in [1.29, 1.82) is 0 Å². The van der Waals surface area contributed by atoms with Crippen LogP contribution < -0.4 is 5.32 Å². The van der Waals surface area contributed by atoms with Crippen molar-refractivity contribution in [2.24, 2.45) is 5.41 Å². The number of thioether (sulfide) groups is 1. The molecule has 4 nitrogen and oxygen atoms in total. The van der Waals surface area contributed by atoms with Crippen LogP contribution in [0, 0.1) is 5.41 Å². The maximum atomic E-state index is 12.3. The number of carbonyl (C=O) groups excluding carboxylic acids is 2. The van der Waals surface area contributed by atoms with E-state index in [1.807, 2.05) is 32.9 Å². The Kier molecular flexibility index (Phi) is 6.83. The van der Waals surface area contributed by atoms with Gasteiger partial charge in [-0.2, -0.15) is 0 Å². The standard InChI is InChI=1S/C17H24N2O2S3/c1-17(2,3)15(21)18-10-12-6-7-14(24-12)13(20)11-23-16(22)19-8-4-5-9-19/h6-7H,4-5,8-11H2,1-3H3,(H,18,21). The average Bonchev–Trinajstić information content (AvgIpc) is 3.20. The van der Waals surface area contributed by atoms with Gasteiger partial charge in [-0.3, -0.25) is 9.59 Å². The van der Waals surface area contributed by atoms with E-state index in [2.05, 4.69) is 10.2 Å². The second-order valence-corrected chi connectivity index (χ2v) is 9.65. The molecule has 1 aliphatic rings. The Bertz CT molecular complexity index is 614. The molecule has 1 N–H and O–H groups in total. The minimum Gasteiger partial charge on any atom is -0.358 e. The van der Waals surface area contributed by atoms with Gasteiger partial charge in [0, 0.05) is 23.4 Å². The van der Waals surface area contributed by atoms with Crippen LogP contribution in [0.5, 0.6) is 0 Å². The second-order valence-electron chi connectivity index (χ2n) is 6.87. The van der Waals surface area contributed by atoms with E-state index in [1.54, 1.807) is 0 Å². The summed E-state index contributed by atoms with van der Waals surface area (Å²) in [5.41, 5.74) is -0.405. The number of thiocarbonyl (C=S) groups is 1. The molecule has 1 aromatic heterocycles. The second kappa shape index (κ2) is 8.45. The van der Waals surface area contributed by atoms with E-state index in [-0.39, 0.29) is 11.7 Å². The van der Waals surface area contributed by atoms with Crippen LogP contribution in [0.1, 0.15) is 48.2 Å². The van der Waals surface area contributed by atoms with Gasteiger partial charge in [-0.1, -0.05) is 44.8 Å². The van der Waals surface area contributed by atoms with Crippen LogP contribution in [0.2, 0.25) is 0 Å². The van der Waals surface area contributed by atoms with Crippen LogP contribution in [0.4, 0.5) is 0 Å². The van der Waals surface area contributed by atoms with Crippen LogP contribution in [0.15, 0.2) is 12.1 Å². The molecule has 0 radical (unpaired) electrons. The summed E-state index contributed by atoms with van der Waals surface area (Å²) in [5.74, 6) is 0.485. The molecule has 2 heterocycles. The van der Waals surface area contributed by atoms with Gasteiger partial charge in [-0.25, -0.2) is 0 Å². The Morgan fingerprint density at radius 2 is 1.96 bits per heavy atom. The minimum atomic E-state index is -0.405. The van der Waals surface area contributed by atoms with Gasteiger partial charge < -0.3 is 10.2 Å². The Morgan fingerprint density at radius 3 is 2.58 bits per heavy atom. The highest BCUT2D eigenvalue weighted by molar-refractivity contribution is 8.23. The zero-order valence-corrected chi connectivity index (χ0v) is 16.8. The highest BCUT2D eigenvalue weighted by atomic mass is 32.2. The molecule has 132 valence electrons. The SMILES string of the molecule is CC(C)(C)C(=O)NCc1ccc(C(=O)CSC(=S)N2CCCC2)s1. The lowest BCUT2D eigenvalue weighted by Gasteiger charge is -2.17. The zero-order valence-electron chi connectivity index (χ0n) is 14.4. The largest absolute Gasteiger partial charge is 0.358 e. The van der Waals surface area contributed by atoms with Gasteiger partial charge in [-0.15, -0.1) is 11.3 Å². The van der Waals surface area contributed by atoms with E-state index in [0.29, 0.717) is 12.3 Å². The fourth-order valence-corrected chi connectivity index (χ4v) is 4.36. The molecule has 2 rings (SSSR count). The Balaban J connectivity index is 1.80. The molecule has 24 heavy (non-hydrogen) atoms. The summed E-state index contributed by atoms with van der Waals surface area (Å²) in [7, 11) is 0. The van der Waals surface area contributed by atoms with Crippen LogP contribution in [-0.2, 0) is 11.3 Å². The number of hydrogen-bond donors (Lipinski definition) is 1. The first kappa shape index (κ1) is 19.4. The van der Waals surface area contributed by atoms with Crippen LogP contribution in [0.3, 0.4) is 0 Å². The topological polar surface area (TPSA) is 49.4 Å². The summed E-state index contributed by atoms with van der Waals surface area (Å²) in [5, 5.41) is 2.91. The first-order chi connectivity index (χ1) is 11.3. The van der Waals surface area contributed by atoms with Gasteiger partial charge in [0.15, 0.2) is 5.78 Å². The molecule has 1 amide bonds. The van der Waals surface area contributed by atoms with Crippen LogP contribution >= 0.6 is 35.3 Å². The van der Waals surface area contributed by atoms with Gasteiger partial charge in [0.2, 0.25) is 5.91 Å². The van der Waals surface area contributed by atoms with E-state index in [0.717, 1.165) is 27.2 Å². The number of rotatable bonds is 5. The van der Waals surface area contributed by atoms with Crippen molar-refractivity contribution in [2.75, 3.05) is 18.8 Å². The number of ketones is 1. The summed E-state index contributed by atoms with van der Waals surface area (Å²) in [6.07, 6.45) is 2.37. The number of amides is 1. The first-order valence-corrected chi connectivity index (χ1v) is 10.3. The number of likely N-dealkylation sites (tertiary alicyclic amines) is 1. The third-order valence-corrected chi connectivity index (χ3v) is 6.38. The molecule has 0 unspecified atom stereocenters. The maximum Gasteiger partial charge on any atom is 0.225 e. The van der Waals surface area contributed by atoms with Crippen LogP contribution in [0.25, 0.3) is 0 Å². The smallest absolute Gasteiger partial charge is 0.225 e. The third kappa shape index (κ3) is 5.57. The Morgan fingerprint density at radius 1 is 1.29 bits per heavy atom. The lowest BCUT2D eigenvalue weighted by Crippen LogP contribution is -2.34. The number of thiophene rings is 1. The summed E-state index contributed by atoms with van der Waals surface area (Å²) in [4.78, 5) is 28.1. The van der Waals surface area contributed by atoms with E-state index >= 15 is 0 Å². The molecule has 0 atom stereocenters. The molecule has 0 aromatic carbocycles. The van der Waals surface area contributed by atoms with E-state index in [4.69, 9.17) is 12.2 Å². The van der Waals surface area contributed by atoms with Gasteiger partial charge in [0.25, 0.3) is 0 Å². The lowest BCUT2D eigenvalue weighted by molar-refractivity contribution is -0.128. The van der Waals surface area contributed by atoms with Crippen molar-refractivity contribution in [3.63, 3.8) is 0 Å². The lowest BCUT2D eigenvalue weighted by atomic mass is 9.96. The molecule has 0 aliphatic carbocycles. The average molecular weight is 385 g/mol. The van der Waals surface area contributed by atoms with E-state index in [9.17, 15) is 9.59 Å². The normalized spacial score (nSPS) is 14.7. The van der Waals surface area contributed by atoms with Crippen molar-refractivity contribution in [2.45, 2.75) is 40.2 Å². The Labute approximate surface area is 157 Å². The van der Waals surface area contributed by atoms with Crippen molar-refractivity contribution >= 4 is 51.3 Å². The third-order valence-electron chi connectivity index (χ3n) is 3.73. The van der Waals surface area contributed by atoms with Gasteiger partial charge in [-0.05, 0) is 25.0 Å². The monoisotopic (exact) mass is 384 g/mol. The molecular weight excluding hydrogens is 360 g/mol. The minimum absolute atomic E-state index is 0.00953. The van der Waals surface area contributed by atoms with Crippen LogP contribution in [-0.4, -0.2) is 39.8 Å². The highest BCUT2D eigenvalue weighted by Crippen LogP contribution is 2.22. The predicted octanol–water partition coefficient (Wildman–Crippen LogP) is 3.71. The first-order valence-electron chi connectivity index (χ1n) is 8.09. The number of carbonyl (C=O) groups is 2. The van der Waals surface area contributed by atoms with Crippen molar-refractivity contribution in [1.82, 2.24) is 10.2 Å². The molecule has 1 aliphatic heterocycles. The number of nitrogens with zero attached hydrogens (tertiary/aromatic N) is 1. The molecule has 1 aromatic rings. The fraction of sp³-hybridized carbons (Fsp3) is 0.588. The van der Waals surface area contributed by atoms with E-state index < -0.39 is 5.41 Å². The summed E-state index contributed by atoms with van der Waals surface area (Å²) in [6.45, 7) is 8.13. The van der Waals surface area contributed by atoms with Gasteiger partial charge in [0.1, 0.15) is 4.32 Å². The molecule has 0 spiro atoms. The fourth-order valence-electron chi connectivity index (χ4n) is 2.24. The van der Waals surface area contributed by atoms with Crippen molar-refractivity contribution in [3.8, 4) is 0 Å². The summed E-state index contributed by atoms with van der Waals surface area (Å²) in [6, 6.07) is 3.75. The van der Waals surface area contributed by atoms with Crippen molar-refractivity contribution in [3.05, 3.63) is 21.9 Å². The number of Topliss-reactive ketones (excluding diaryl/α,β-unsaturated/α-hetero) is 1. The van der Waals surface area contributed by atoms with E-state index in [1.165, 1.54) is 35.9 Å². The molecule has 1 saturated heterocycles. The number of hydrogen-bond acceptors (Lipinski definition) is 5. The van der Waals surface area contributed by atoms with Gasteiger partial charge in [0.05, 0.1) is 17.2 Å². The predicted molar refractivity (Wildman–Crippen MR) is 106 cm³/mol. The molecule has 0 bridgehead atoms. The highest BCUT2D eigenvalue weighted by Gasteiger charge is 2.21. The molecule has 0 saturated carbocycles.